The number of phenols is 1. The Labute approximate surface area is 159 Å². The molecule has 1 N–H and O–H groups in total. The van der Waals surface area contributed by atoms with Crippen molar-refractivity contribution in [2.75, 3.05) is 18.0 Å². The lowest BCUT2D eigenvalue weighted by Gasteiger charge is -2.21. The summed E-state index contributed by atoms with van der Waals surface area (Å²) in [5.74, 6) is 2.18. The number of aryl methyl sites for hydroxylation is 3. The number of hydrogen-bond donors (Lipinski definition) is 1. The van der Waals surface area contributed by atoms with Gasteiger partial charge in [-0.1, -0.05) is 6.92 Å². The predicted molar refractivity (Wildman–Crippen MR) is 107 cm³/mol. The SMILES string of the molecule is CCc1cc(-c2nnc(-c3cnc(N(CC)CC)c(C)c3)o2)cc(C)c1O. The fraction of sp³-hybridized carbons (Fsp3) is 0.381. The van der Waals surface area contributed by atoms with Gasteiger partial charge in [0.05, 0.1) is 5.56 Å². The lowest BCUT2D eigenvalue weighted by Crippen LogP contribution is -2.23. The Morgan fingerprint density at radius 3 is 2.15 bits per heavy atom. The zero-order valence-electron chi connectivity index (χ0n) is 16.6. The van der Waals surface area contributed by atoms with Crippen LogP contribution in [-0.4, -0.2) is 33.4 Å². The van der Waals surface area contributed by atoms with Gasteiger partial charge in [-0.15, -0.1) is 10.2 Å². The van der Waals surface area contributed by atoms with Crippen molar-refractivity contribution in [2.45, 2.75) is 41.0 Å². The first-order valence-electron chi connectivity index (χ1n) is 9.36. The molecule has 3 aromatic rings. The maximum absolute atomic E-state index is 10.1. The van der Waals surface area contributed by atoms with Gasteiger partial charge in [-0.25, -0.2) is 4.98 Å². The highest BCUT2D eigenvalue weighted by atomic mass is 16.4. The molecule has 0 amide bonds. The number of benzene rings is 1. The van der Waals surface area contributed by atoms with Gasteiger partial charge in [-0.05, 0) is 69.0 Å². The van der Waals surface area contributed by atoms with E-state index in [1.807, 2.05) is 39.0 Å². The molecule has 0 saturated heterocycles. The molecule has 2 heterocycles. The van der Waals surface area contributed by atoms with Crippen molar-refractivity contribution < 1.29 is 9.52 Å². The highest BCUT2D eigenvalue weighted by Gasteiger charge is 2.16. The number of aromatic nitrogens is 3. The van der Waals surface area contributed by atoms with Crippen LogP contribution in [0, 0.1) is 13.8 Å². The topological polar surface area (TPSA) is 75.3 Å². The molecule has 0 spiro atoms. The van der Waals surface area contributed by atoms with Gasteiger partial charge in [0.1, 0.15) is 11.6 Å². The van der Waals surface area contributed by atoms with E-state index in [1.165, 1.54) is 0 Å². The van der Waals surface area contributed by atoms with Gasteiger partial charge in [0.15, 0.2) is 0 Å². The summed E-state index contributed by atoms with van der Waals surface area (Å²) in [5.41, 5.74) is 4.35. The van der Waals surface area contributed by atoms with Crippen molar-refractivity contribution in [2.24, 2.45) is 0 Å². The van der Waals surface area contributed by atoms with E-state index in [4.69, 9.17) is 4.42 Å². The molecular formula is C21H26N4O2. The van der Waals surface area contributed by atoms with Gasteiger partial charge < -0.3 is 14.4 Å². The molecule has 6 nitrogen and oxygen atoms in total. The molecule has 0 aliphatic rings. The Balaban J connectivity index is 1.95. The molecule has 1 aromatic carbocycles. The third-order valence-electron chi connectivity index (χ3n) is 4.79. The monoisotopic (exact) mass is 366 g/mol. The van der Waals surface area contributed by atoms with Crippen LogP contribution in [0.25, 0.3) is 22.9 Å². The molecule has 142 valence electrons. The number of pyridine rings is 1. The van der Waals surface area contributed by atoms with Gasteiger partial charge in [-0.3, -0.25) is 0 Å². The molecule has 0 saturated carbocycles. The summed E-state index contributed by atoms with van der Waals surface area (Å²) in [6.45, 7) is 12.0. The van der Waals surface area contributed by atoms with Crippen LogP contribution < -0.4 is 4.90 Å². The Hall–Kier alpha value is -2.89. The molecule has 2 aromatic heterocycles. The first-order valence-corrected chi connectivity index (χ1v) is 9.36. The molecule has 0 fully saturated rings. The largest absolute Gasteiger partial charge is 0.507 e. The van der Waals surface area contributed by atoms with Gasteiger partial charge in [0.25, 0.3) is 0 Å². The number of anilines is 1. The van der Waals surface area contributed by atoms with Crippen LogP contribution in [0.15, 0.2) is 28.8 Å². The van der Waals surface area contributed by atoms with E-state index in [0.717, 1.165) is 53.1 Å². The van der Waals surface area contributed by atoms with Crippen molar-refractivity contribution in [3.8, 4) is 28.7 Å². The molecule has 0 unspecified atom stereocenters. The summed E-state index contributed by atoms with van der Waals surface area (Å²) in [6, 6.07) is 5.78. The lowest BCUT2D eigenvalue weighted by atomic mass is 10.0. The van der Waals surface area contributed by atoms with Gasteiger partial charge in [0, 0.05) is 24.8 Å². The van der Waals surface area contributed by atoms with Gasteiger partial charge in [0.2, 0.25) is 11.8 Å². The van der Waals surface area contributed by atoms with Crippen molar-refractivity contribution in [3.63, 3.8) is 0 Å². The normalized spacial score (nSPS) is 11.0. The van der Waals surface area contributed by atoms with Gasteiger partial charge in [-0.2, -0.15) is 0 Å². The fourth-order valence-corrected chi connectivity index (χ4v) is 3.24. The van der Waals surface area contributed by atoms with Gasteiger partial charge >= 0.3 is 0 Å². The zero-order valence-corrected chi connectivity index (χ0v) is 16.6. The summed E-state index contributed by atoms with van der Waals surface area (Å²) in [7, 11) is 0. The first-order chi connectivity index (χ1) is 13.0. The number of phenolic OH excluding ortho intramolecular Hbond substituents is 1. The van der Waals surface area contributed by atoms with Crippen LogP contribution in [-0.2, 0) is 6.42 Å². The third kappa shape index (κ3) is 3.65. The van der Waals surface area contributed by atoms with Crippen LogP contribution in [0.4, 0.5) is 5.82 Å². The van der Waals surface area contributed by atoms with Crippen LogP contribution in [0.3, 0.4) is 0 Å². The Morgan fingerprint density at radius 2 is 1.56 bits per heavy atom. The second-order valence-electron chi connectivity index (χ2n) is 6.60. The minimum absolute atomic E-state index is 0.327. The van der Waals surface area contributed by atoms with E-state index >= 15 is 0 Å². The lowest BCUT2D eigenvalue weighted by molar-refractivity contribution is 0.464. The molecule has 6 heteroatoms. The van der Waals surface area contributed by atoms with Crippen molar-refractivity contribution in [1.29, 1.82) is 0 Å². The molecular weight excluding hydrogens is 340 g/mol. The Bertz CT molecular complexity index is 945. The molecule has 3 rings (SSSR count). The zero-order chi connectivity index (χ0) is 19.6. The number of nitrogens with zero attached hydrogens (tertiary/aromatic N) is 4. The fourth-order valence-electron chi connectivity index (χ4n) is 3.24. The van der Waals surface area contributed by atoms with E-state index in [-0.39, 0.29) is 0 Å². The van der Waals surface area contributed by atoms with E-state index < -0.39 is 0 Å². The predicted octanol–water partition coefficient (Wildman–Crippen LogP) is 4.53. The number of aromatic hydroxyl groups is 1. The second kappa shape index (κ2) is 7.78. The highest BCUT2D eigenvalue weighted by Crippen LogP contribution is 2.31. The van der Waals surface area contributed by atoms with Crippen molar-refractivity contribution >= 4 is 5.82 Å². The molecule has 0 aliphatic carbocycles. The minimum Gasteiger partial charge on any atom is -0.507 e. The minimum atomic E-state index is 0.327. The summed E-state index contributed by atoms with van der Waals surface area (Å²) >= 11 is 0. The molecule has 0 atom stereocenters. The summed E-state index contributed by atoms with van der Waals surface area (Å²) in [4.78, 5) is 6.81. The van der Waals surface area contributed by atoms with Crippen LogP contribution in [0.2, 0.25) is 0 Å². The molecule has 0 radical (unpaired) electrons. The summed E-state index contributed by atoms with van der Waals surface area (Å²) in [5, 5.41) is 18.5. The summed E-state index contributed by atoms with van der Waals surface area (Å²) in [6.07, 6.45) is 2.51. The first kappa shape index (κ1) is 18.9. The quantitative estimate of drug-likeness (QED) is 0.691. The maximum atomic E-state index is 10.1. The third-order valence-corrected chi connectivity index (χ3v) is 4.79. The van der Waals surface area contributed by atoms with Crippen molar-refractivity contribution in [1.82, 2.24) is 15.2 Å². The Kier molecular flexibility index (Phi) is 5.44. The smallest absolute Gasteiger partial charge is 0.249 e. The van der Waals surface area contributed by atoms with Crippen molar-refractivity contribution in [3.05, 3.63) is 41.1 Å². The molecule has 27 heavy (non-hydrogen) atoms. The summed E-state index contributed by atoms with van der Waals surface area (Å²) < 4.78 is 5.90. The van der Waals surface area contributed by atoms with E-state index in [1.54, 1.807) is 6.20 Å². The second-order valence-corrected chi connectivity index (χ2v) is 6.60. The van der Waals surface area contributed by atoms with E-state index in [2.05, 4.69) is 33.9 Å². The molecule has 0 aliphatic heterocycles. The van der Waals surface area contributed by atoms with Crippen LogP contribution >= 0.6 is 0 Å². The Morgan fingerprint density at radius 1 is 0.926 bits per heavy atom. The van der Waals surface area contributed by atoms with Crippen LogP contribution in [0.1, 0.15) is 37.5 Å². The van der Waals surface area contributed by atoms with Crippen LogP contribution in [0.5, 0.6) is 5.75 Å². The number of hydrogen-bond acceptors (Lipinski definition) is 6. The van der Waals surface area contributed by atoms with E-state index in [0.29, 0.717) is 17.5 Å². The standard InChI is InChI=1S/C21H26N4O2/c1-6-15-11-16(9-13(4)18(15)26)20-23-24-21(27-20)17-10-14(5)19(22-12-17)25(7-2)8-3/h9-12,26H,6-8H2,1-5H3. The molecule has 0 bridgehead atoms. The highest BCUT2D eigenvalue weighted by molar-refractivity contribution is 5.63. The maximum Gasteiger partial charge on any atom is 0.249 e. The number of rotatable bonds is 6. The van der Waals surface area contributed by atoms with E-state index in [9.17, 15) is 5.11 Å². The average Bonchev–Trinajstić information content (AvgIpc) is 3.16. The average molecular weight is 366 g/mol.